The maximum Gasteiger partial charge on any atom is 0.264 e. The van der Waals surface area contributed by atoms with Crippen molar-refractivity contribution in [3.05, 3.63) is 101 Å². The Balaban J connectivity index is 1.24. The van der Waals surface area contributed by atoms with E-state index >= 15 is 0 Å². The first kappa shape index (κ1) is 21.4. The topological polar surface area (TPSA) is 91.0 Å². The Hall–Kier alpha value is -4.46. The third-order valence-corrected chi connectivity index (χ3v) is 5.60. The Kier molecular flexibility index (Phi) is 6.03. The molecule has 8 nitrogen and oxygen atoms in total. The van der Waals surface area contributed by atoms with Crippen LogP contribution in [0.2, 0.25) is 0 Å². The van der Waals surface area contributed by atoms with Crippen LogP contribution in [0.4, 0.5) is 0 Å². The average molecular weight is 454 g/mol. The number of para-hydroxylation sites is 1. The van der Waals surface area contributed by atoms with Crippen molar-refractivity contribution in [2.45, 2.75) is 13.1 Å². The van der Waals surface area contributed by atoms with Crippen molar-refractivity contribution in [2.24, 2.45) is 0 Å². The number of benzene rings is 3. The quantitative estimate of drug-likeness (QED) is 0.390. The summed E-state index contributed by atoms with van der Waals surface area (Å²) in [6.45, 7) is 1.08. The van der Waals surface area contributed by atoms with Gasteiger partial charge >= 0.3 is 0 Å². The van der Waals surface area contributed by atoms with Crippen LogP contribution in [0.15, 0.2) is 90.1 Å². The molecule has 0 fully saturated rings. The average Bonchev–Trinajstić information content (AvgIpc) is 3.29. The number of hydrogen-bond donors (Lipinski definition) is 1. The lowest BCUT2D eigenvalue weighted by atomic mass is 10.0. The SMILES string of the molecule is O=C(COc1ccccc1)NCCn1ncc2c(=O)n(Cc3cccc4ccccc34)cnc21. The van der Waals surface area contributed by atoms with Gasteiger partial charge in [-0.2, -0.15) is 5.10 Å². The number of nitrogens with zero attached hydrogens (tertiary/aromatic N) is 4. The summed E-state index contributed by atoms with van der Waals surface area (Å²) < 4.78 is 8.66. The molecule has 170 valence electrons. The largest absolute Gasteiger partial charge is 0.484 e. The van der Waals surface area contributed by atoms with E-state index in [-0.39, 0.29) is 18.1 Å². The lowest BCUT2D eigenvalue weighted by Crippen LogP contribution is -2.31. The number of aromatic nitrogens is 4. The third-order valence-electron chi connectivity index (χ3n) is 5.60. The molecule has 0 radical (unpaired) electrons. The second-order valence-electron chi connectivity index (χ2n) is 7.87. The zero-order valence-electron chi connectivity index (χ0n) is 18.4. The summed E-state index contributed by atoms with van der Waals surface area (Å²) in [5.41, 5.74) is 1.40. The summed E-state index contributed by atoms with van der Waals surface area (Å²) in [7, 11) is 0. The summed E-state index contributed by atoms with van der Waals surface area (Å²) in [5.74, 6) is 0.408. The molecule has 0 aliphatic carbocycles. The van der Waals surface area contributed by atoms with E-state index in [1.807, 2.05) is 42.5 Å². The Labute approximate surface area is 195 Å². The van der Waals surface area contributed by atoms with Gasteiger partial charge in [-0.3, -0.25) is 14.2 Å². The third kappa shape index (κ3) is 4.52. The molecule has 5 rings (SSSR count). The molecule has 0 spiro atoms. The van der Waals surface area contributed by atoms with Gasteiger partial charge < -0.3 is 10.1 Å². The van der Waals surface area contributed by atoms with Crippen LogP contribution >= 0.6 is 0 Å². The van der Waals surface area contributed by atoms with Crippen LogP contribution in [0.5, 0.6) is 5.75 Å². The van der Waals surface area contributed by atoms with Gasteiger partial charge in [-0.25, -0.2) is 9.67 Å². The number of hydrogen-bond acceptors (Lipinski definition) is 5. The van der Waals surface area contributed by atoms with E-state index in [9.17, 15) is 9.59 Å². The normalized spacial score (nSPS) is 11.1. The van der Waals surface area contributed by atoms with E-state index in [0.717, 1.165) is 16.3 Å². The first-order valence-corrected chi connectivity index (χ1v) is 11.0. The van der Waals surface area contributed by atoms with Crippen molar-refractivity contribution in [1.82, 2.24) is 24.6 Å². The summed E-state index contributed by atoms with van der Waals surface area (Å²) in [6.07, 6.45) is 3.08. The van der Waals surface area contributed by atoms with E-state index in [1.165, 1.54) is 6.20 Å². The fraction of sp³-hybridized carbons (Fsp3) is 0.154. The lowest BCUT2D eigenvalue weighted by Gasteiger charge is -2.10. The molecule has 8 heteroatoms. The lowest BCUT2D eigenvalue weighted by molar-refractivity contribution is -0.123. The Bertz CT molecular complexity index is 1500. The molecule has 2 heterocycles. The summed E-state index contributed by atoms with van der Waals surface area (Å²) in [5, 5.41) is 9.79. The van der Waals surface area contributed by atoms with Crippen LogP contribution in [0.1, 0.15) is 5.56 Å². The van der Waals surface area contributed by atoms with Crippen LogP contribution in [0, 0.1) is 0 Å². The highest BCUT2D eigenvalue weighted by Crippen LogP contribution is 2.19. The first-order valence-electron chi connectivity index (χ1n) is 11.0. The summed E-state index contributed by atoms with van der Waals surface area (Å²) in [6, 6.07) is 23.3. The molecule has 1 amide bonds. The molecule has 0 atom stereocenters. The van der Waals surface area contributed by atoms with Crippen molar-refractivity contribution >= 4 is 27.7 Å². The molecule has 0 saturated carbocycles. The maximum atomic E-state index is 13.1. The molecular weight excluding hydrogens is 430 g/mol. The van der Waals surface area contributed by atoms with E-state index in [1.54, 1.807) is 27.7 Å². The molecule has 5 aromatic rings. The van der Waals surface area contributed by atoms with Crippen molar-refractivity contribution in [1.29, 1.82) is 0 Å². The van der Waals surface area contributed by atoms with E-state index < -0.39 is 0 Å². The molecule has 0 aliphatic rings. The molecule has 0 unspecified atom stereocenters. The highest BCUT2D eigenvalue weighted by molar-refractivity contribution is 5.85. The number of ether oxygens (including phenoxy) is 1. The van der Waals surface area contributed by atoms with E-state index in [4.69, 9.17) is 4.74 Å². The van der Waals surface area contributed by atoms with Gasteiger partial charge in [0.15, 0.2) is 12.3 Å². The standard InChI is InChI=1S/C26H23N5O3/c32-24(17-34-21-10-2-1-3-11-21)27-13-14-31-25-23(15-29-31)26(33)30(18-28-25)16-20-9-6-8-19-7-4-5-12-22(19)20/h1-12,15,18H,13-14,16-17H2,(H,27,32). The highest BCUT2D eigenvalue weighted by Gasteiger charge is 2.12. The van der Waals surface area contributed by atoms with Crippen LogP contribution in [0.3, 0.4) is 0 Å². The van der Waals surface area contributed by atoms with E-state index in [0.29, 0.717) is 36.4 Å². The number of rotatable bonds is 8. The predicted molar refractivity (Wildman–Crippen MR) is 130 cm³/mol. The van der Waals surface area contributed by atoms with Crippen molar-refractivity contribution in [2.75, 3.05) is 13.2 Å². The first-order chi connectivity index (χ1) is 16.7. The van der Waals surface area contributed by atoms with Gasteiger partial charge in [-0.15, -0.1) is 0 Å². The Morgan fingerprint density at radius 1 is 0.941 bits per heavy atom. The maximum absolute atomic E-state index is 13.1. The minimum Gasteiger partial charge on any atom is -0.484 e. The van der Waals surface area contributed by atoms with Crippen LogP contribution in [0.25, 0.3) is 21.8 Å². The molecule has 0 bridgehead atoms. The highest BCUT2D eigenvalue weighted by atomic mass is 16.5. The molecule has 3 aromatic carbocycles. The van der Waals surface area contributed by atoms with Gasteiger partial charge in [0.25, 0.3) is 11.5 Å². The Morgan fingerprint density at radius 2 is 1.74 bits per heavy atom. The van der Waals surface area contributed by atoms with Crippen molar-refractivity contribution in [3.8, 4) is 5.75 Å². The van der Waals surface area contributed by atoms with Gasteiger partial charge in [0.05, 0.1) is 19.3 Å². The van der Waals surface area contributed by atoms with Gasteiger partial charge in [0.2, 0.25) is 0 Å². The van der Waals surface area contributed by atoms with Crippen LogP contribution in [-0.2, 0) is 17.9 Å². The number of fused-ring (bicyclic) bond motifs is 2. The fourth-order valence-corrected chi connectivity index (χ4v) is 3.91. The molecule has 1 N–H and O–H groups in total. The summed E-state index contributed by atoms with van der Waals surface area (Å²) >= 11 is 0. The second-order valence-corrected chi connectivity index (χ2v) is 7.87. The van der Waals surface area contributed by atoms with Crippen molar-refractivity contribution < 1.29 is 9.53 Å². The van der Waals surface area contributed by atoms with E-state index in [2.05, 4.69) is 33.6 Å². The molecule has 2 aromatic heterocycles. The van der Waals surface area contributed by atoms with Crippen LogP contribution in [-0.4, -0.2) is 38.4 Å². The van der Waals surface area contributed by atoms with Gasteiger partial charge in [0.1, 0.15) is 17.5 Å². The van der Waals surface area contributed by atoms with Crippen molar-refractivity contribution in [3.63, 3.8) is 0 Å². The zero-order valence-corrected chi connectivity index (χ0v) is 18.4. The van der Waals surface area contributed by atoms with Gasteiger partial charge in [-0.1, -0.05) is 60.7 Å². The molecule has 34 heavy (non-hydrogen) atoms. The number of amides is 1. The number of nitrogens with one attached hydrogen (secondary N) is 1. The monoisotopic (exact) mass is 453 g/mol. The molecular formula is C26H23N5O3. The minimum atomic E-state index is -0.231. The number of carbonyl (C=O) groups is 1. The number of carbonyl (C=O) groups excluding carboxylic acids is 1. The summed E-state index contributed by atoms with van der Waals surface area (Å²) in [4.78, 5) is 29.6. The minimum absolute atomic E-state index is 0.0685. The van der Waals surface area contributed by atoms with Gasteiger partial charge in [-0.05, 0) is 28.5 Å². The van der Waals surface area contributed by atoms with Gasteiger partial charge in [0, 0.05) is 6.54 Å². The Morgan fingerprint density at radius 3 is 2.62 bits per heavy atom. The fourth-order valence-electron chi connectivity index (χ4n) is 3.91. The smallest absolute Gasteiger partial charge is 0.264 e. The second kappa shape index (κ2) is 9.58. The zero-order chi connectivity index (χ0) is 23.3. The van der Waals surface area contributed by atoms with Crippen LogP contribution < -0.4 is 15.6 Å². The predicted octanol–water partition coefficient (Wildman–Crippen LogP) is 2.99. The molecule has 0 aliphatic heterocycles. The molecule has 0 saturated heterocycles.